The van der Waals surface area contributed by atoms with E-state index in [-0.39, 0.29) is 6.03 Å². The number of carbonyl (C=O) groups is 1. The largest absolute Gasteiger partial charge is 0.325 e. The second-order valence-electron chi connectivity index (χ2n) is 4.33. The third-order valence-electron chi connectivity index (χ3n) is 3.13. The minimum absolute atomic E-state index is 0.302. The number of carbonyl (C=O) groups excluding carboxylic acids is 1. The van der Waals surface area contributed by atoms with Gasteiger partial charge in [-0.15, -0.1) is 10.2 Å². The molecule has 0 atom stereocenters. The van der Waals surface area contributed by atoms with Crippen molar-refractivity contribution in [2.45, 2.75) is 24.8 Å². The third-order valence-corrected chi connectivity index (χ3v) is 3.74. The summed E-state index contributed by atoms with van der Waals surface area (Å²) in [7, 11) is 0. The topological polar surface area (TPSA) is 92.7 Å². The highest BCUT2D eigenvalue weighted by atomic mass is 32.1. The molecule has 2 aromatic rings. The lowest BCUT2D eigenvalue weighted by Crippen LogP contribution is -2.53. The summed E-state index contributed by atoms with van der Waals surface area (Å²) >= 11 is 1.27. The lowest BCUT2D eigenvalue weighted by molar-refractivity contribution is 0.175. The second kappa shape index (κ2) is 4.88. The Bertz CT molecular complexity index is 554. The molecule has 0 unspecified atom stereocenters. The third kappa shape index (κ3) is 2.39. The smallest absolute Gasteiger partial charge is 0.321 e. The van der Waals surface area contributed by atoms with E-state index < -0.39 is 5.54 Å². The van der Waals surface area contributed by atoms with Crippen molar-refractivity contribution in [2.75, 3.05) is 5.32 Å². The number of rotatable bonds is 3. The van der Waals surface area contributed by atoms with Crippen LogP contribution in [0.15, 0.2) is 24.0 Å². The van der Waals surface area contributed by atoms with Crippen molar-refractivity contribution in [1.82, 2.24) is 25.5 Å². The van der Waals surface area contributed by atoms with E-state index in [2.05, 4.69) is 30.8 Å². The molecule has 8 heteroatoms. The second-order valence-corrected chi connectivity index (χ2v) is 5.16. The number of nitrogens with zero attached hydrogens (tertiary/aromatic N) is 4. The van der Waals surface area contributed by atoms with Crippen LogP contribution in [0.5, 0.6) is 0 Å². The minimum Gasteiger partial charge on any atom is -0.325 e. The van der Waals surface area contributed by atoms with Crippen LogP contribution in [0, 0.1) is 0 Å². The molecule has 2 heterocycles. The molecule has 2 N–H and O–H groups in total. The Morgan fingerprint density at radius 3 is 2.68 bits per heavy atom. The summed E-state index contributed by atoms with van der Waals surface area (Å²) in [5, 5.41) is 13.5. The van der Waals surface area contributed by atoms with Gasteiger partial charge in [0.15, 0.2) is 5.82 Å². The Labute approximate surface area is 113 Å². The molecule has 1 aliphatic rings. The van der Waals surface area contributed by atoms with Crippen molar-refractivity contribution in [3.8, 4) is 0 Å². The number of aromatic nitrogens is 4. The molecular weight excluding hydrogens is 264 g/mol. The number of nitrogens with one attached hydrogen (secondary N) is 2. The van der Waals surface area contributed by atoms with E-state index in [9.17, 15) is 4.79 Å². The Morgan fingerprint density at radius 1 is 1.32 bits per heavy atom. The fourth-order valence-electron chi connectivity index (χ4n) is 2.05. The number of hydrogen-bond donors (Lipinski definition) is 2. The first-order valence-electron chi connectivity index (χ1n) is 5.91. The fourth-order valence-corrected chi connectivity index (χ4v) is 2.49. The average molecular weight is 276 g/mol. The van der Waals surface area contributed by atoms with Crippen molar-refractivity contribution >= 4 is 22.5 Å². The summed E-state index contributed by atoms with van der Waals surface area (Å²) in [6.45, 7) is 0. The van der Waals surface area contributed by atoms with Gasteiger partial charge in [-0.05, 0) is 25.3 Å². The Balaban J connectivity index is 1.72. The first-order chi connectivity index (χ1) is 9.28. The van der Waals surface area contributed by atoms with Gasteiger partial charge in [-0.25, -0.2) is 14.8 Å². The molecular formula is C11H12N6OS. The zero-order valence-corrected chi connectivity index (χ0v) is 10.9. The van der Waals surface area contributed by atoms with Gasteiger partial charge in [0.1, 0.15) is 11.0 Å². The lowest BCUT2D eigenvalue weighted by atomic mass is 9.76. The zero-order valence-electron chi connectivity index (χ0n) is 10.0. The number of hydrogen-bond acceptors (Lipinski definition) is 6. The van der Waals surface area contributed by atoms with E-state index in [1.54, 1.807) is 24.0 Å². The molecule has 19 heavy (non-hydrogen) atoms. The molecule has 0 saturated heterocycles. The van der Waals surface area contributed by atoms with Gasteiger partial charge >= 0.3 is 6.03 Å². The van der Waals surface area contributed by atoms with Gasteiger partial charge in [0.05, 0.1) is 0 Å². The van der Waals surface area contributed by atoms with Crippen LogP contribution in [-0.4, -0.2) is 26.2 Å². The fraction of sp³-hybridized carbons (Fsp3) is 0.364. The maximum Gasteiger partial charge on any atom is 0.321 e. The van der Waals surface area contributed by atoms with Gasteiger partial charge in [0, 0.05) is 12.4 Å². The molecule has 3 rings (SSSR count). The summed E-state index contributed by atoms with van der Waals surface area (Å²) < 4.78 is 0. The van der Waals surface area contributed by atoms with Crippen LogP contribution < -0.4 is 10.6 Å². The molecule has 2 amide bonds. The number of anilines is 1. The minimum atomic E-state index is -0.448. The standard InChI is InChI=1S/C11H12N6OS/c18-9(15-10-17-14-7-19-10)16-11(3-1-4-11)8-12-5-2-6-13-8/h2,5-7H,1,3-4H2,(H2,15,16,17,18). The molecule has 0 aromatic carbocycles. The van der Waals surface area contributed by atoms with Crippen molar-refractivity contribution < 1.29 is 4.79 Å². The molecule has 1 aliphatic carbocycles. The summed E-state index contributed by atoms with van der Waals surface area (Å²) in [6.07, 6.45) is 6.12. The molecule has 0 radical (unpaired) electrons. The van der Waals surface area contributed by atoms with Crippen molar-refractivity contribution in [3.63, 3.8) is 0 Å². The molecule has 0 aliphatic heterocycles. The molecule has 0 spiro atoms. The Kier molecular flexibility index (Phi) is 3.08. The Hall–Kier alpha value is -2.09. The highest BCUT2D eigenvalue weighted by Crippen LogP contribution is 2.39. The van der Waals surface area contributed by atoms with Gasteiger partial charge in [0.25, 0.3) is 0 Å². The van der Waals surface area contributed by atoms with Crippen LogP contribution in [0.1, 0.15) is 25.1 Å². The van der Waals surface area contributed by atoms with Gasteiger partial charge in [0.2, 0.25) is 5.13 Å². The van der Waals surface area contributed by atoms with Crippen molar-refractivity contribution in [1.29, 1.82) is 0 Å². The first kappa shape index (κ1) is 12.0. The van der Waals surface area contributed by atoms with E-state index in [1.165, 1.54) is 11.3 Å². The molecule has 0 bridgehead atoms. The summed E-state index contributed by atoms with van der Waals surface area (Å²) in [5.41, 5.74) is 1.12. The van der Waals surface area contributed by atoms with Gasteiger partial charge in [-0.2, -0.15) is 0 Å². The van der Waals surface area contributed by atoms with Crippen LogP contribution >= 0.6 is 11.3 Å². The predicted molar refractivity (Wildman–Crippen MR) is 69.6 cm³/mol. The maximum absolute atomic E-state index is 12.0. The van der Waals surface area contributed by atoms with Crippen LogP contribution in [-0.2, 0) is 5.54 Å². The monoisotopic (exact) mass is 276 g/mol. The quantitative estimate of drug-likeness (QED) is 0.886. The van der Waals surface area contributed by atoms with E-state index in [4.69, 9.17) is 0 Å². The number of urea groups is 1. The molecule has 1 saturated carbocycles. The first-order valence-corrected chi connectivity index (χ1v) is 6.79. The normalized spacial score (nSPS) is 16.4. The van der Waals surface area contributed by atoms with Crippen LogP contribution in [0.3, 0.4) is 0 Å². The van der Waals surface area contributed by atoms with E-state index in [0.717, 1.165) is 19.3 Å². The number of amides is 2. The summed E-state index contributed by atoms with van der Waals surface area (Å²) in [4.78, 5) is 20.4. The zero-order chi connectivity index (χ0) is 13.1. The van der Waals surface area contributed by atoms with E-state index >= 15 is 0 Å². The summed E-state index contributed by atoms with van der Waals surface area (Å²) in [6, 6.07) is 1.46. The molecule has 7 nitrogen and oxygen atoms in total. The van der Waals surface area contributed by atoms with E-state index in [0.29, 0.717) is 11.0 Å². The van der Waals surface area contributed by atoms with E-state index in [1.807, 2.05) is 0 Å². The van der Waals surface area contributed by atoms with Gasteiger partial charge in [-0.1, -0.05) is 11.3 Å². The molecule has 98 valence electrons. The summed E-state index contributed by atoms with van der Waals surface area (Å²) in [5.74, 6) is 0.661. The molecule has 1 fully saturated rings. The SMILES string of the molecule is O=C(Nc1nncs1)NC1(c2ncccn2)CCC1. The van der Waals surface area contributed by atoms with Crippen LogP contribution in [0.25, 0.3) is 0 Å². The average Bonchev–Trinajstić information content (AvgIpc) is 2.88. The van der Waals surface area contributed by atoms with Crippen LogP contribution in [0.2, 0.25) is 0 Å². The van der Waals surface area contributed by atoms with Gasteiger partial charge < -0.3 is 5.32 Å². The highest BCUT2D eigenvalue weighted by molar-refractivity contribution is 7.13. The lowest BCUT2D eigenvalue weighted by Gasteiger charge is -2.40. The highest BCUT2D eigenvalue weighted by Gasteiger charge is 2.42. The molecule has 2 aromatic heterocycles. The van der Waals surface area contributed by atoms with Crippen LogP contribution in [0.4, 0.5) is 9.93 Å². The van der Waals surface area contributed by atoms with Gasteiger partial charge in [-0.3, -0.25) is 5.32 Å². The Morgan fingerprint density at radius 2 is 2.11 bits per heavy atom. The predicted octanol–water partition coefficient (Wildman–Crippen LogP) is 1.53. The maximum atomic E-state index is 12.0. The van der Waals surface area contributed by atoms with Crippen molar-refractivity contribution in [3.05, 3.63) is 29.8 Å². The van der Waals surface area contributed by atoms with Crippen molar-refractivity contribution in [2.24, 2.45) is 0 Å².